The van der Waals surface area contributed by atoms with Crippen molar-refractivity contribution in [3.05, 3.63) is 64.5 Å². The van der Waals surface area contributed by atoms with Crippen LogP contribution in [-0.2, 0) is 25.6 Å². The Kier molecular flexibility index (Phi) is 9.15. The number of nitrogens with zero attached hydrogens (tertiary/aromatic N) is 1. The third kappa shape index (κ3) is 6.03. The van der Waals surface area contributed by atoms with Gasteiger partial charge in [0.1, 0.15) is 79.5 Å². The van der Waals surface area contributed by atoms with Crippen LogP contribution in [0.4, 0.5) is 0 Å². The number of carboxylic acid groups (broad SMARTS) is 1. The zero-order valence-electron chi connectivity index (χ0n) is 27.2. The summed E-state index contributed by atoms with van der Waals surface area (Å²) in [6.07, 6.45) is -5.21. The number of benzene rings is 2. The molecule has 2 aromatic carbocycles. The number of carbonyl (C=O) groups is 2. The highest BCUT2D eigenvalue weighted by molar-refractivity contribution is 5.90. The van der Waals surface area contributed by atoms with E-state index in [2.05, 4.69) is 4.99 Å². The maximum absolute atomic E-state index is 12.1. The maximum atomic E-state index is 12.1. The van der Waals surface area contributed by atoms with Gasteiger partial charge in [0.2, 0.25) is 12.0 Å². The number of fused-ring (bicyclic) bond motifs is 6. The number of carboxylic acids is 1. The first-order valence-electron chi connectivity index (χ1n) is 16.1. The molecular formula is C34H38N3O13+. The minimum Gasteiger partial charge on any atom is -0.493 e. The van der Waals surface area contributed by atoms with Crippen molar-refractivity contribution in [1.29, 1.82) is 0 Å². The third-order valence-electron chi connectivity index (χ3n) is 9.47. The second-order valence-electron chi connectivity index (χ2n) is 12.6. The van der Waals surface area contributed by atoms with Crippen LogP contribution in [0.1, 0.15) is 35.1 Å². The topological polar surface area (TPSA) is 222 Å². The highest BCUT2D eigenvalue weighted by atomic mass is 16.7. The first kappa shape index (κ1) is 33.8. The largest absolute Gasteiger partial charge is 0.493 e. The van der Waals surface area contributed by atoms with Gasteiger partial charge in [0, 0.05) is 41.1 Å². The smallest absolute Gasteiger partial charge is 0.317 e. The highest BCUT2D eigenvalue weighted by Gasteiger charge is 2.49. The first-order valence-corrected chi connectivity index (χ1v) is 16.1. The Bertz CT molecular complexity index is 1780. The Morgan fingerprint density at radius 3 is 2.66 bits per heavy atom. The molecule has 5 aliphatic rings. The lowest BCUT2D eigenvalue weighted by atomic mass is 9.86. The van der Waals surface area contributed by atoms with Crippen LogP contribution in [0.3, 0.4) is 0 Å². The Balaban J connectivity index is 1.20. The van der Waals surface area contributed by atoms with Gasteiger partial charge >= 0.3 is 11.9 Å². The van der Waals surface area contributed by atoms with Crippen molar-refractivity contribution in [3.8, 4) is 28.7 Å². The molecule has 50 heavy (non-hydrogen) atoms. The number of aliphatic carboxylic acids is 1. The van der Waals surface area contributed by atoms with E-state index in [9.17, 15) is 24.9 Å². The van der Waals surface area contributed by atoms with E-state index in [0.717, 1.165) is 32.9 Å². The molecule has 2 aromatic rings. The minimum atomic E-state index is -1.79. The molecule has 0 bridgehead atoms. The van der Waals surface area contributed by atoms with Gasteiger partial charge in [0.05, 0.1) is 26.7 Å². The highest BCUT2D eigenvalue weighted by Crippen LogP contribution is 2.57. The summed E-state index contributed by atoms with van der Waals surface area (Å²) in [5.74, 6) is -0.403. The van der Waals surface area contributed by atoms with Crippen LogP contribution < -0.4 is 34.3 Å². The second-order valence-corrected chi connectivity index (χ2v) is 12.6. The van der Waals surface area contributed by atoms with E-state index in [1.54, 1.807) is 32.6 Å². The molecule has 0 aromatic heterocycles. The van der Waals surface area contributed by atoms with Crippen LogP contribution in [0.5, 0.6) is 28.7 Å². The predicted molar refractivity (Wildman–Crippen MR) is 170 cm³/mol. The zero-order chi connectivity index (χ0) is 35.3. The number of aliphatic hydroxyl groups is 3. The van der Waals surface area contributed by atoms with Gasteiger partial charge in [-0.15, -0.1) is 0 Å². The van der Waals surface area contributed by atoms with Crippen molar-refractivity contribution < 1.29 is 68.1 Å². The van der Waals surface area contributed by atoms with Crippen molar-refractivity contribution >= 4 is 18.2 Å². The van der Waals surface area contributed by atoms with Crippen LogP contribution in [0.2, 0.25) is 0 Å². The Hall–Kier alpha value is -4.71. The summed E-state index contributed by atoms with van der Waals surface area (Å²) in [4.78, 5) is 28.6. The number of aliphatic hydroxyl groups excluding tert-OH is 3. The fourth-order valence-electron chi connectivity index (χ4n) is 7.13. The van der Waals surface area contributed by atoms with Crippen LogP contribution in [0, 0.1) is 0 Å². The van der Waals surface area contributed by atoms with Gasteiger partial charge in [-0.25, -0.2) is 0 Å². The van der Waals surface area contributed by atoms with Gasteiger partial charge in [0.25, 0.3) is 0 Å². The van der Waals surface area contributed by atoms with Crippen molar-refractivity contribution in [2.45, 2.75) is 61.8 Å². The summed E-state index contributed by atoms with van der Waals surface area (Å²) in [7, 11) is 3.11. The molecule has 0 radical (unpaired) electrons. The normalized spacial score (nSPS) is 29.2. The van der Waals surface area contributed by atoms with Gasteiger partial charge in [-0.05, 0) is 18.2 Å². The molecule has 0 saturated carbocycles. The number of esters is 1. The van der Waals surface area contributed by atoms with E-state index in [1.807, 2.05) is 24.4 Å². The number of nitrogens with one attached hydrogen (secondary N) is 1. The lowest BCUT2D eigenvalue weighted by Crippen LogP contribution is -3.04. The number of hydrogen-bond acceptors (Lipinski definition) is 14. The number of methoxy groups -OCH3 is 2. The monoisotopic (exact) mass is 696 g/mol. The van der Waals surface area contributed by atoms with Crippen molar-refractivity contribution in [2.75, 3.05) is 33.9 Å². The molecule has 9 unspecified atom stereocenters. The number of allylic oxidation sites excluding steroid dienone is 1. The number of quaternary nitrogens is 1. The molecule has 0 amide bonds. The maximum Gasteiger partial charge on any atom is 0.317 e. The van der Waals surface area contributed by atoms with Gasteiger partial charge in [-0.2, -0.15) is 0 Å². The average molecular weight is 697 g/mol. The Labute approximate surface area is 285 Å². The van der Waals surface area contributed by atoms with Crippen molar-refractivity contribution in [1.82, 2.24) is 0 Å². The van der Waals surface area contributed by atoms with E-state index in [0.29, 0.717) is 36.1 Å². The van der Waals surface area contributed by atoms with Crippen LogP contribution >= 0.6 is 0 Å². The molecule has 1 fully saturated rings. The van der Waals surface area contributed by atoms with Crippen molar-refractivity contribution in [3.63, 3.8) is 0 Å². The van der Waals surface area contributed by atoms with E-state index < -0.39 is 61.3 Å². The summed E-state index contributed by atoms with van der Waals surface area (Å²) in [5, 5.41) is 41.3. The quantitative estimate of drug-likeness (QED) is 0.124. The number of nitrogens with two attached hydrogens (primary N) is 1. The molecule has 0 spiro atoms. The number of aliphatic imine (C=N–C) groups is 1. The van der Waals surface area contributed by atoms with Crippen molar-refractivity contribution in [2.24, 2.45) is 10.7 Å². The van der Waals surface area contributed by atoms with Gasteiger partial charge in [-0.1, -0.05) is 6.07 Å². The van der Waals surface area contributed by atoms with Gasteiger partial charge < -0.3 is 59.3 Å². The molecule has 5 heterocycles. The Morgan fingerprint density at radius 2 is 1.94 bits per heavy atom. The van der Waals surface area contributed by atoms with E-state index in [1.165, 1.54) is 0 Å². The first-order chi connectivity index (χ1) is 24.1. The molecule has 266 valence electrons. The standard InChI is InChI=1S/C34H37N3O13/c1-44-21-4-3-18-19-14-46-22-8-17(47-34-29(43)27(41)28(42)32(50-34)23(10-35)48-25(40)9-24(38)39)7-16(12-37-11-15-5-6-36-20(15)13-37)26(22)30(19)49-31(18)33(21)45-2/h3-8,13,19,23,27-30,32,34,41-43H,9-12,14,35H2,1-2H3,(H,38,39)/p+1. The Morgan fingerprint density at radius 1 is 1.12 bits per heavy atom. The second kappa shape index (κ2) is 13.5. The van der Waals surface area contributed by atoms with Gasteiger partial charge in [0.15, 0.2) is 11.5 Å². The lowest BCUT2D eigenvalue weighted by Gasteiger charge is -2.42. The fraction of sp³-hybridized carbons (Fsp3) is 0.441. The third-order valence-corrected chi connectivity index (χ3v) is 9.47. The molecule has 9 atom stereocenters. The van der Waals surface area contributed by atoms with E-state index >= 15 is 0 Å². The fourth-order valence-corrected chi connectivity index (χ4v) is 7.13. The van der Waals surface area contributed by atoms with Crippen LogP contribution in [0.15, 0.2) is 52.8 Å². The summed E-state index contributed by atoms with van der Waals surface area (Å²) in [6, 6.07) is 7.19. The van der Waals surface area contributed by atoms with Gasteiger partial charge in [-0.3, -0.25) is 19.5 Å². The van der Waals surface area contributed by atoms with E-state index in [-0.39, 0.29) is 24.8 Å². The number of rotatable bonds is 11. The molecule has 16 nitrogen and oxygen atoms in total. The lowest BCUT2D eigenvalue weighted by molar-refractivity contribution is -0.851. The summed E-state index contributed by atoms with van der Waals surface area (Å²) in [6.45, 7) is 1.08. The molecule has 7 N–H and O–H groups in total. The summed E-state index contributed by atoms with van der Waals surface area (Å²) in [5.41, 5.74) is 10.3. The SMILES string of the molecule is COc1ccc2c(c1OC)OC1c3c(C[NH+]4C=C5N=CC=C5C4)cc(OC4OC(C(CN)OC(=O)CC(=O)O)C(O)C(O)C4O)cc3OCC21. The number of ether oxygens (including phenoxy) is 7. The van der Waals surface area contributed by atoms with Crippen LogP contribution in [0.25, 0.3) is 0 Å². The number of hydrogen-bond donors (Lipinski definition) is 6. The predicted octanol–water partition coefficient (Wildman–Crippen LogP) is -0.904. The molecular weight excluding hydrogens is 658 g/mol. The zero-order valence-corrected chi connectivity index (χ0v) is 27.2. The average Bonchev–Trinajstić information content (AvgIpc) is 3.80. The molecule has 7 rings (SSSR count). The molecule has 5 aliphatic heterocycles. The molecule has 16 heteroatoms. The summed E-state index contributed by atoms with van der Waals surface area (Å²) >= 11 is 0. The number of carbonyl (C=O) groups excluding carboxylic acids is 1. The summed E-state index contributed by atoms with van der Waals surface area (Å²) < 4.78 is 41.3. The van der Waals surface area contributed by atoms with E-state index in [4.69, 9.17) is 44.0 Å². The molecule has 1 saturated heterocycles. The minimum absolute atomic E-state index is 0.153. The van der Waals surface area contributed by atoms with Crippen LogP contribution in [-0.4, -0.2) is 109 Å². The molecule has 0 aliphatic carbocycles.